The average Bonchev–Trinajstić information content (AvgIpc) is 2.72. The monoisotopic (exact) mass is 288 g/mol. The van der Waals surface area contributed by atoms with Gasteiger partial charge in [-0.15, -0.1) is 5.10 Å². The zero-order chi connectivity index (χ0) is 14.7. The minimum atomic E-state index is -0.352. The summed E-state index contributed by atoms with van der Waals surface area (Å²) in [5, 5.41) is 4.48. The summed E-state index contributed by atoms with van der Waals surface area (Å²) in [6.07, 6.45) is 6.88. The first kappa shape index (κ1) is 14.0. The van der Waals surface area contributed by atoms with Crippen LogP contribution in [0.4, 0.5) is 0 Å². The summed E-state index contributed by atoms with van der Waals surface area (Å²) in [5.74, 6) is 0.452. The lowest BCUT2D eigenvalue weighted by molar-refractivity contribution is 0.0600. The van der Waals surface area contributed by atoms with Crippen LogP contribution in [-0.2, 0) is 11.3 Å². The molecule has 1 aliphatic rings. The number of nitrogens with zero attached hydrogens (tertiary/aromatic N) is 4. The molecule has 2 aromatic heterocycles. The highest BCUT2D eigenvalue weighted by atomic mass is 16.5. The summed E-state index contributed by atoms with van der Waals surface area (Å²) in [7, 11) is 1.38. The summed E-state index contributed by atoms with van der Waals surface area (Å²) in [5.41, 5.74) is 1.18. The van der Waals surface area contributed by atoms with Gasteiger partial charge in [-0.3, -0.25) is 4.90 Å². The second kappa shape index (κ2) is 6.22. The van der Waals surface area contributed by atoms with Crippen LogP contribution in [0.3, 0.4) is 0 Å². The summed E-state index contributed by atoms with van der Waals surface area (Å²) in [6, 6.07) is 3.41. The third-order valence-corrected chi connectivity index (χ3v) is 3.87. The van der Waals surface area contributed by atoms with E-state index in [0.717, 1.165) is 25.5 Å². The number of carbonyl (C=O) groups is 1. The lowest BCUT2D eigenvalue weighted by Crippen LogP contribution is -2.24. The van der Waals surface area contributed by atoms with Crippen LogP contribution in [0.5, 0.6) is 0 Å². The second-order valence-corrected chi connectivity index (χ2v) is 5.43. The largest absolute Gasteiger partial charge is 0.465 e. The fraction of sp³-hybridized carbons (Fsp3) is 0.533. The number of pyridine rings is 1. The van der Waals surface area contributed by atoms with Gasteiger partial charge in [-0.1, -0.05) is 12.8 Å². The van der Waals surface area contributed by atoms with Crippen molar-refractivity contribution >= 4 is 11.6 Å². The predicted molar refractivity (Wildman–Crippen MR) is 78.1 cm³/mol. The molecule has 2 aromatic rings. The molecule has 0 N–H and O–H groups in total. The van der Waals surface area contributed by atoms with Crippen molar-refractivity contribution in [3.63, 3.8) is 0 Å². The van der Waals surface area contributed by atoms with Gasteiger partial charge in [0.1, 0.15) is 0 Å². The molecule has 0 unspecified atom stereocenters. The summed E-state index contributed by atoms with van der Waals surface area (Å²) in [6.45, 7) is 3.00. The number of fused-ring (bicyclic) bond motifs is 1. The lowest BCUT2D eigenvalue weighted by Gasteiger charge is -2.17. The Hall–Kier alpha value is -1.95. The van der Waals surface area contributed by atoms with Crippen LogP contribution >= 0.6 is 0 Å². The number of likely N-dealkylation sites (tertiary alicyclic amines) is 1. The van der Waals surface area contributed by atoms with Crippen LogP contribution < -0.4 is 0 Å². The van der Waals surface area contributed by atoms with Crippen molar-refractivity contribution in [2.75, 3.05) is 20.2 Å². The van der Waals surface area contributed by atoms with E-state index < -0.39 is 0 Å². The number of aromatic nitrogens is 3. The van der Waals surface area contributed by atoms with Crippen molar-refractivity contribution < 1.29 is 9.53 Å². The van der Waals surface area contributed by atoms with Crippen molar-refractivity contribution in [3.8, 4) is 0 Å². The van der Waals surface area contributed by atoms with Crippen molar-refractivity contribution in [1.29, 1.82) is 0 Å². The molecular weight excluding hydrogens is 268 g/mol. The Labute approximate surface area is 123 Å². The molecule has 1 aliphatic heterocycles. The molecule has 0 radical (unpaired) electrons. The van der Waals surface area contributed by atoms with E-state index in [1.165, 1.54) is 32.8 Å². The van der Waals surface area contributed by atoms with Crippen LogP contribution in [-0.4, -0.2) is 45.7 Å². The zero-order valence-corrected chi connectivity index (χ0v) is 12.3. The Kier molecular flexibility index (Phi) is 4.15. The van der Waals surface area contributed by atoms with Gasteiger partial charge in [0.2, 0.25) is 0 Å². The van der Waals surface area contributed by atoms with Gasteiger partial charge in [0, 0.05) is 6.20 Å². The van der Waals surface area contributed by atoms with E-state index in [1.807, 2.05) is 0 Å². The van der Waals surface area contributed by atoms with E-state index in [2.05, 4.69) is 15.0 Å². The molecule has 6 nitrogen and oxygen atoms in total. The maximum Gasteiger partial charge on any atom is 0.338 e. The van der Waals surface area contributed by atoms with Crippen molar-refractivity contribution in [2.45, 2.75) is 32.2 Å². The first-order chi connectivity index (χ1) is 10.3. The predicted octanol–water partition coefficient (Wildman–Crippen LogP) is 1.89. The van der Waals surface area contributed by atoms with Crippen molar-refractivity contribution in [2.24, 2.45) is 0 Å². The minimum Gasteiger partial charge on any atom is -0.465 e. The third-order valence-electron chi connectivity index (χ3n) is 3.87. The Morgan fingerprint density at radius 1 is 1.29 bits per heavy atom. The molecule has 6 heteroatoms. The number of hydrogen-bond acceptors (Lipinski definition) is 5. The topological polar surface area (TPSA) is 59.7 Å². The molecule has 0 bridgehead atoms. The molecule has 0 aromatic carbocycles. The fourth-order valence-electron chi connectivity index (χ4n) is 2.73. The van der Waals surface area contributed by atoms with Gasteiger partial charge in [-0.05, 0) is 38.1 Å². The quantitative estimate of drug-likeness (QED) is 0.807. The Morgan fingerprint density at radius 3 is 2.76 bits per heavy atom. The maximum absolute atomic E-state index is 11.5. The SMILES string of the molecule is COC(=O)c1ccn2nc(CN3CCCCCC3)nc2c1. The van der Waals surface area contributed by atoms with Gasteiger partial charge in [-0.25, -0.2) is 14.3 Å². The number of ether oxygens (including phenoxy) is 1. The van der Waals surface area contributed by atoms with E-state index in [-0.39, 0.29) is 5.97 Å². The smallest absolute Gasteiger partial charge is 0.338 e. The third kappa shape index (κ3) is 3.21. The first-order valence-electron chi connectivity index (χ1n) is 7.42. The summed E-state index contributed by atoms with van der Waals surface area (Å²) < 4.78 is 6.43. The zero-order valence-electron chi connectivity index (χ0n) is 12.3. The van der Waals surface area contributed by atoms with Crippen LogP contribution in [0, 0.1) is 0 Å². The van der Waals surface area contributed by atoms with E-state index in [0.29, 0.717) is 11.2 Å². The molecule has 3 heterocycles. The molecule has 0 aliphatic carbocycles. The number of carbonyl (C=O) groups excluding carboxylic acids is 1. The molecule has 3 rings (SSSR count). The summed E-state index contributed by atoms with van der Waals surface area (Å²) in [4.78, 5) is 18.5. The highest BCUT2D eigenvalue weighted by Crippen LogP contribution is 2.13. The van der Waals surface area contributed by atoms with Crippen LogP contribution in [0.1, 0.15) is 41.9 Å². The molecule has 0 atom stereocenters. The van der Waals surface area contributed by atoms with E-state index in [1.54, 1.807) is 22.8 Å². The van der Waals surface area contributed by atoms with Crippen LogP contribution in [0.2, 0.25) is 0 Å². The van der Waals surface area contributed by atoms with Gasteiger partial charge in [-0.2, -0.15) is 0 Å². The number of hydrogen-bond donors (Lipinski definition) is 0. The molecule has 1 saturated heterocycles. The highest BCUT2D eigenvalue weighted by molar-refractivity contribution is 5.90. The Bertz CT molecular complexity index is 630. The average molecular weight is 288 g/mol. The van der Waals surface area contributed by atoms with Gasteiger partial charge in [0.25, 0.3) is 0 Å². The van der Waals surface area contributed by atoms with Gasteiger partial charge in [0.05, 0.1) is 19.2 Å². The molecule has 0 spiro atoms. The normalized spacial score (nSPS) is 16.8. The van der Waals surface area contributed by atoms with Crippen LogP contribution in [0.25, 0.3) is 5.65 Å². The Balaban J connectivity index is 1.78. The minimum absolute atomic E-state index is 0.352. The van der Waals surface area contributed by atoms with Gasteiger partial charge >= 0.3 is 5.97 Å². The first-order valence-corrected chi connectivity index (χ1v) is 7.42. The second-order valence-electron chi connectivity index (χ2n) is 5.43. The number of rotatable bonds is 3. The van der Waals surface area contributed by atoms with Crippen LogP contribution in [0.15, 0.2) is 18.3 Å². The number of methoxy groups -OCH3 is 1. The molecule has 112 valence electrons. The van der Waals surface area contributed by atoms with E-state index >= 15 is 0 Å². The molecular formula is C15H20N4O2. The molecule has 1 fully saturated rings. The summed E-state index contributed by atoms with van der Waals surface area (Å²) >= 11 is 0. The van der Waals surface area contributed by atoms with E-state index in [4.69, 9.17) is 4.74 Å². The van der Waals surface area contributed by atoms with Gasteiger partial charge < -0.3 is 4.74 Å². The standard InChI is InChI=1S/C15H20N4O2/c1-21-15(20)12-6-9-19-14(10-12)16-13(17-19)11-18-7-4-2-3-5-8-18/h6,9-10H,2-5,7-8,11H2,1H3. The molecule has 0 saturated carbocycles. The van der Waals surface area contributed by atoms with Crippen molar-refractivity contribution in [1.82, 2.24) is 19.5 Å². The maximum atomic E-state index is 11.5. The highest BCUT2D eigenvalue weighted by Gasteiger charge is 2.13. The lowest BCUT2D eigenvalue weighted by atomic mass is 10.2. The van der Waals surface area contributed by atoms with Crippen molar-refractivity contribution in [3.05, 3.63) is 29.7 Å². The number of esters is 1. The molecule has 21 heavy (non-hydrogen) atoms. The Morgan fingerprint density at radius 2 is 2.05 bits per heavy atom. The molecule has 0 amide bonds. The fourth-order valence-corrected chi connectivity index (χ4v) is 2.73. The van der Waals surface area contributed by atoms with E-state index in [9.17, 15) is 4.79 Å². The van der Waals surface area contributed by atoms with Gasteiger partial charge in [0.15, 0.2) is 11.5 Å².